The van der Waals surface area contributed by atoms with E-state index in [1.807, 2.05) is 0 Å². The van der Waals surface area contributed by atoms with E-state index in [0.717, 1.165) is 13.2 Å². The first-order valence-electron chi connectivity index (χ1n) is 5.08. The van der Waals surface area contributed by atoms with Gasteiger partial charge in [0.25, 0.3) is 0 Å². The zero-order chi connectivity index (χ0) is 14.2. The van der Waals surface area contributed by atoms with Crippen LogP contribution in [0.4, 0.5) is 19.0 Å². The van der Waals surface area contributed by atoms with Crippen LogP contribution < -0.4 is 10.5 Å². The van der Waals surface area contributed by atoms with Gasteiger partial charge >= 0.3 is 6.18 Å². The van der Waals surface area contributed by atoms with Crippen LogP contribution in [-0.4, -0.2) is 17.3 Å². The number of aromatic amines is 1. The molecule has 1 aromatic carbocycles. The number of benzene rings is 1. The molecule has 0 fully saturated rings. The van der Waals surface area contributed by atoms with Gasteiger partial charge in [-0.15, -0.1) is 0 Å². The monoisotopic (exact) mass is 291 g/mol. The third-order valence-electron chi connectivity index (χ3n) is 2.52. The third-order valence-corrected chi connectivity index (χ3v) is 2.74. The van der Waals surface area contributed by atoms with Crippen LogP contribution in [0.1, 0.15) is 5.56 Å². The number of nitrogens with two attached hydrogens (primary N) is 1. The predicted molar refractivity (Wildman–Crippen MR) is 65.0 cm³/mol. The largest absolute Gasteiger partial charge is 0.495 e. The summed E-state index contributed by atoms with van der Waals surface area (Å²) in [5, 5.41) is 6.04. The number of methoxy groups -OCH3 is 1. The molecule has 0 radical (unpaired) electrons. The van der Waals surface area contributed by atoms with Gasteiger partial charge in [-0.05, 0) is 12.1 Å². The number of nitrogens with zero attached hydrogens (tertiary/aromatic N) is 1. The Morgan fingerprint density at radius 3 is 2.47 bits per heavy atom. The molecule has 3 N–H and O–H groups in total. The maximum Gasteiger partial charge on any atom is 0.420 e. The Kier molecular flexibility index (Phi) is 3.32. The van der Waals surface area contributed by atoms with Crippen LogP contribution in [0.5, 0.6) is 5.75 Å². The lowest BCUT2D eigenvalue weighted by Gasteiger charge is -2.16. The molecule has 2 rings (SSSR count). The van der Waals surface area contributed by atoms with Gasteiger partial charge in [0.2, 0.25) is 0 Å². The summed E-state index contributed by atoms with van der Waals surface area (Å²) in [6.45, 7) is 0. The molecule has 0 aliphatic heterocycles. The Morgan fingerprint density at radius 2 is 2.00 bits per heavy atom. The van der Waals surface area contributed by atoms with Gasteiger partial charge in [-0.2, -0.15) is 18.3 Å². The van der Waals surface area contributed by atoms with Crippen molar-refractivity contribution in [1.29, 1.82) is 0 Å². The summed E-state index contributed by atoms with van der Waals surface area (Å²) in [5.41, 5.74) is 5.08. The quantitative estimate of drug-likeness (QED) is 0.892. The number of hydrogen-bond acceptors (Lipinski definition) is 3. The minimum Gasteiger partial charge on any atom is -0.495 e. The van der Waals surface area contributed by atoms with Crippen molar-refractivity contribution >= 4 is 17.4 Å². The molecule has 0 unspecified atom stereocenters. The zero-order valence-electron chi connectivity index (χ0n) is 9.68. The summed E-state index contributed by atoms with van der Waals surface area (Å²) >= 11 is 5.73. The van der Waals surface area contributed by atoms with E-state index in [-0.39, 0.29) is 22.2 Å². The standard InChI is InChI=1S/C11H9ClF3N3O/c1-19-9-6(7-4-17-18-10(7)16)2-5(12)3-8(9)11(13,14)15/h2-4H,1H3,(H3,16,17,18). The molecule has 0 amide bonds. The molecule has 8 heteroatoms. The summed E-state index contributed by atoms with van der Waals surface area (Å²) < 4.78 is 43.7. The molecule has 1 heterocycles. The lowest BCUT2D eigenvalue weighted by atomic mass is 10.0. The number of nitrogens with one attached hydrogen (secondary N) is 1. The van der Waals surface area contributed by atoms with Crippen molar-refractivity contribution in [2.75, 3.05) is 12.8 Å². The van der Waals surface area contributed by atoms with E-state index in [2.05, 4.69) is 10.2 Å². The average molecular weight is 292 g/mol. The smallest absolute Gasteiger partial charge is 0.420 e. The van der Waals surface area contributed by atoms with Gasteiger partial charge in [0.15, 0.2) is 0 Å². The molecule has 0 spiro atoms. The molecule has 0 saturated carbocycles. The van der Waals surface area contributed by atoms with Crippen LogP contribution in [0.25, 0.3) is 11.1 Å². The second-order valence-electron chi connectivity index (χ2n) is 3.73. The minimum absolute atomic E-state index is 0.0660. The van der Waals surface area contributed by atoms with E-state index < -0.39 is 11.7 Å². The number of nitrogen functional groups attached to an aromatic ring is 1. The Balaban J connectivity index is 2.75. The summed E-state index contributed by atoms with van der Waals surface area (Å²) in [7, 11) is 1.15. The van der Waals surface area contributed by atoms with Crippen molar-refractivity contribution in [2.24, 2.45) is 0 Å². The Hall–Kier alpha value is -1.89. The number of halogens is 4. The van der Waals surface area contributed by atoms with E-state index in [1.54, 1.807) is 0 Å². The number of rotatable bonds is 2. The first-order valence-corrected chi connectivity index (χ1v) is 5.46. The first kappa shape index (κ1) is 13.5. The van der Waals surface area contributed by atoms with Crippen molar-refractivity contribution in [3.05, 3.63) is 28.9 Å². The maximum atomic E-state index is 12.9. The van der Waals surface area contributed by atoms with Crippen molar-refractivity contribution in [2.45, 2.75) is 6.18 Å². The fourth-order valence-corrected chi connectivity index (χ4v) is 1.95. The van der Waals surface area contributed by atoms with E-state index >= 15 is 0 Å². The third kappa shape index (κ3) is 2.46. The van der Waals surface area contributed by atoms with Crippen molar-refractivity contribution < 1.29 is 17.9 Å². The number of anilines is 1. The number of ether oxygens (including phenoxy) is 1. The van der Waals surface area contributed by atoms with E-state index in [4.69, 9.17) is 22.1 Å². The molecule has 0 atom stereocenters. The molecule has 2 aromatic rings. The highest BCUT2D eigenvalue weighted by Gasteiger charge is 2.36. The minimum atomic E-state index is -4.58. The SMILES string of the molecule is COc1c(-c2cn[nH]c2N)cc(Cl)cc1C(F)(F)F. The van der Waals surface area contributed by atoms with Crippen molar-refractivity contribution in [3.8, 4) is 16.9 Å². The molecule has 4 nitrogen and oxygen atoms in total. The van der Waals surface area contributed by atoms with Crippen molar-refractivity contribution in [3.63, 3.8) is 0 Å². The summed E-state index contributed by atoms with van der Waals surface area (Å²) in [6, 6.07) is 2.15. The van der Waals surface area contributed by atoms with Crippen LogP contribution >= 0.6 is 11.6 Å². The predicted octanol–water partition coefficient (Wildman–Crippen LogP) is 3.34. The Bertz CT molecular complexity index is 610. The van der Waals surface area contributed by atoms with Crippen LogP contribution in [0.3, 0.4) is 0 Å². The van der Waals surface area contributed by atoms with E-state index in [0.29, 0.717) is 5.56 Å². The lowest BCUT2D eigenvalue weighted by Crippen LogP contribution is -2.08. The van der Waals surface area contributed by atoms with E-state index in [9.17, 15) is 13.2 Å². The molecule has 0 saturated heterocycles. The van der Waals surface area contributed by atoms with Gasteiger partial charge < -0.3 is 10.5 Å². The zero-order valence-corrected chi connectivity index (χ0v) is 10.4. The highest BCUT2D eigenvalue weighted by Crippen LogP contribution is 2.44. The number of hydrogen-bond donors (Lipinski definition) is 2. The molecular weight excluding hydrogens is 283 g/mol. The summed E-state index contributed by atoms with van der Waals surface area (Å²) in [4.78, 5) is 0. The van der Waals surface area contributed by atoms with Crippen LogP contribution in [-0.2, 0) is 6.18 Å². The van der Waals surface area contributed by atoms with Crippen LogP contribution in [0.15, 0.2) is 18.3 Å². The lowest BCUT2D eigenvalue weighted by molar-refractivity contribution is -0.138. The molecule has 1 aromatic heterocycles. The van der Waals surface area contributed by atoms with Gasteiger partial charge in [0.05, 0.1) is 18.9 Å². The van der Waals surface area contributed by atoms with Gasteiger partial charge in [0, 0.05) is 16.1 Å². The topological polar surface area (TPSA) is 63.9 Å². The van der Waals surface area contributed by atoms with Crippen LogP contribution in [0, 0.1) is 0 Å². The molecular formula is C11H9ClF3N3O. The van der Waals surface area contributed by atoms with Gasteiger partial charge in [-0.3, -0.25) is 5.10 Å². The summed E-state index contributed by atoms with van der Waals surface area (Å²) in [5.74, 6) is -0.210. The van der Waals surface area contributed by atoms with Gasteiger partial charge in [-0.1, -0.05) is 11.6 Å². The highest BCUT2D eigenvalue weighted by molar-refractivity contribution is 6.31. The number of alkyl halides is 3. The number of H-pyrrole nitrogens is 1. The summed E-state index contributed by atoms with van der Waals surface area (Å²) in [6.07, 6.45) is -3.27. The normalized spacial score (nSPS) is 11.6. The van der Waals surface area contributed by atoms with Crippen molar-refractivity contribution in [1.82, 2.24) is 10.2 Å². The molecule has 0 aliphatic rings. The molecule has 0 aliphatic carbocycles. The average Bonchev–Trinajstić information content (AvgIpc) is 2.73. The first-order chi connectivity index (χ1) is 8.84. The van der Waals surface area contributed by atoms with Gasteiger partial charge in [-0.25, -0.2) is 0 Å². The van der Waals surface area contributed by atoms with Gasteiger partial charge in [0.1, 0.15) is 11.6 Å². The van der Waals surface area contributed by atoms with Crippen LogP contribution in [0.2, 0.25) is 5.02 Å². The second kappa shape index (κ2) is 4.65. The maximum absolute atomic E-state index is 12.9. The highest BCUT2D eigenvalue weighted by atomic mass is 35.5. The Morgan fingerprint density at radius 1 is 1.32 bits per heavy atom. The fourth-order valence-electron chi connectivity index (χ4n) is 1.73. The van der Waals surface area contributed by atoms with E-state index in [1.165, 1.54) is 12.3 Å². The molecule has 102 valence electrons. The number of aromatic nitrogens is 2. The fraction of sp³-hybridized carbons (Fsp3) is 0.182. The molecule has 19 heavy (non-hydrogen) atoms. The Labute approximate surface area is 111 Å². The molecule has 0 bridgehead atoms. The second-order valence-corrected chi connectivity index (χ2v) is 4.17.